The lowest BCUT2D eigenvalue weighted by Crippen LogP contribution is -2.48. The van der Waals surface area contributed by atoms with Gasteiger partial charge in [-0.05, 0) is 25.7 Å². The molecule has 2 N–H and O–H groups in total. The summed E-state index contributed by atoms with van der Waals surface area (Å²) in [5.41, 5.74) is -0.839. The van der Waals surface area contributed by atoms with Crippen LogP contribution in [-0.2, 0) is 14.4 Å². The van der Waals surface area contributed by atoms with E-state index < -0.39 is 29.5 Å². The van der Waals surface area contributed by atoms with Crippen LogP contribution in [0.4, 0.5) is 4.79 Å². The number of hydrogen-bond donors (Lipinski definition) is 2. The van der Waals surface area contributed by atoms with Crippen molar-refractivity contribution in [1.82, 2.24) is 15.1 Å². The molecule has 22 heavy (non-hydrogen) atoms. The number of nitrogens with one attached hydrogen (secondary N) is 1. The van der Waals surface area contributed by atoms with Gasteiger partial charge in [-0.1, -0.05) is 12.8 Å². The molecule has 0 unspecified atom stereocenters. The minimum Gasteiger partial charge on any atom is -0.480 e. The van der Waals surface area contributed by atoms with E-state index in [9.17, 15) is 19.2 Å². The third-order valence-electron chi connectivity index (χ3n) is 4.85. The molecule has 3 aliphatic rings. The Morgan fingerprint density at radius 3 is 2.55 bits per heavy atom. The van der Waals surface area contributed by atoms with Crippen molar-refractivity contribution in [1.29, 1.82) is 0 Å². The van der Waals surface area contributed by atoms with Gasteiger partial charge in [-0.3, -0.25) is 14.5 Å². The van der Waals surface area contributed by atoms with Crippen LogP contribution >= 0.6 is 0 Å². The lowest BCUT2D eigenvalue weighted by molar-refractivity contribution is -0.149. The van der Waals surface area contributed by atoms with Gasteiger partial charge in [-0.2, -0.15) is 0 Å². The van der Waals surface area contributed by atoms with E-state index in [1.165, 1.54) is 4.90 Å². The summed E-state index contributed by atoms with van der Waals surface area (Å²) in [5.74, 6) is -1.88. The Morgan fingerprint density at radius 1 is 1.23 bits per heavy atom. The molecular weight excluding hydrogens is 290 g/mol. The quantitative estimate of drug-likeness (QED) is 0.709. The van der Waals surface area contributed by atoms with Crippen LogP contribution in [0, 0.1) is 0 Å². The highest BCUT2D eigenvalue weighted by Crippen LogP contribution is 2.35. The average molecular weight is 309 g/mol. The molecule has 8 heteroatoms. The SMILES string of the molecule is O=C(O)[C@@H]1CCCN1C(=O)CN1C(=O)NC2(CCCC2)C1=O. The molecule has 0 radical (unpaired) electrons. The third-order valence-corrected chi connectivity index (χ3v) is 4.85. The van der Waals surface area contributed by atoms with Gasteiger partial charge >= 0.3 is 12.0 Å². The second-order valence-corrected chi connectivity index (χ2v) is 6.19. The summed E-state index contributed by atoms with van der Waals surface area (Å²) in [5, 5.41) is 11.8. The van der Waals surface area contributed by atoms with Crippen molar-refractivity contribution < 1.29 is 24.3 Å². The van der Waals surface area contributed by atoms with Crippen LogP contribution in [0.15, 0.2) is 0 Å². The van der Waals surface area contributed by atoms with E-state index in [0.29, 0.717) is 32.2 Å². The van der Waals surface area contributed by atoms with E-state index in [0.717, 1.165) is 17.7 Å². The van der Waals surface area contributed by atoms with Gasteiger partial charge in [0.1, 0.15) is 18.1 Å². The topological polar surface area (TPSA) is 107 Å². The molecule has 3 fully saturated rings. The molecule has 4 amide bonds. The summed E-state index contributed by atoms with van der Waals surface area (Å²) in [6.45, 7) is -0.0270. The number of urea groups is 1. The van der Waals surface area contributed by atoms with Gasteiger partial charge in [0.05, 0.1) is 0 Å². The highest BCUT2D eigenvalue weighted by molar-refractivity contribution is 6.09. The minimum atomic E-state index is -1.05. The maximum Gasteiger partial charge on any atom is 0.326 e. The number of aliphatic carboxylic acids is 1. The Kier molecular flexibility index (Phi) is 3.54. The molecule has 0 aromatic heterocycles. The van der Waals surface area contributed by atoms with Crippen molar-refractivity contribution in [3.63, 3.8) is 0 Å². The van der Waals surface area contributed by atoms with Gasteiger partial charge in [-0.15, -0.1) is 0 Å². The van der Waals surface area contributed by atoms with Gasteiger partial charge in [-0.25, -0.2) is 9.59 Å². The predicted octanol–water partition coefficient (Wildman–Crippen LogP) is -0.0734. The van der Waals surface area contributed by atoms with Crippen LogP contribution in [0.5, 0.6) is 0 Å². The fraction of sp³-hybridized carbons (Fsp3) is 0.714. The summed E-state index contributed by atoms with van der Waals surface area (Å²) in [7, 11) is 0. The Balaban J connectivity index is 1.70. The first kappa shape index (κ1) is 14.8. The fourth-order valence-electron chi connectivity index (χ4n) is 3.69. The number of carbonyl (C=O) groups is 4. The number of hydrogen-bond acceptors (Lipinski definition) is 4. The molecule has 3 rings (SSSR count). The van der Waals surface area contributed by atoms with Gasteiger partial charge in [0.15, 0.2) is 0 Å². The normalized spacial score (nSPS) is 26.8. The maximum absolute atomic E-state index is 12.5. The lowest BCUT2D eigenvalue weighted by atomic mass is 9.98. The van der Waals surface area contributed by atoms with Crippen molar-refractivity contribution in [2.24, 2.45) is 0 Å². The van der Waals surface area contributed by atoms with Gasteiger partial charge in [0, 0.05) is 6.54 Å². The molecule has 1 atom stereocenters. The van der Waals surface area contributed by atoms with Crippen molar-refractivity contribution in [2.45, 2.75) is 50.1 Å². The molecule has 1 saturated carbocycles. The molecule has 8 nitrogen and oxygen atoms in total. The maximum atomic E-state index is 12.5. The van der Waals surface area contributed by atoms with Crippen molar-refractivity contribution in [3.8, 4) is 0 Å². The van der Waals surface area contributed by atoms with E-state index in [-0.39, 0.29) is 12.5 Å². The number of amides is 4. The van der Waals surface area contributed by atoms with E-state index in [1.54, 1.807) is 0 Å². The number of carbonyl (C=O) groups excluding carboxylic acids is 3. The first-order valence-electron chi connectivity index (χ1n) is 7.61. The molecular formula is C14H19N3O5. The number of likely N-dealkylation sites (tertiary alicyclic amines) is 1. The Bertz CT molecular complexity index is 541. The molecule has 2 heterocycles. The van der Waals surface area contributed by atoms with Crippen molar-refractivity contribution >= 4 is 23.8 Å². The third kappa shape index (κ3) is 2.22. The highest BCUT2D eigenvalue weighted by Gasteiger charge is 2.53. The van der Waals surface area contributed by atoms with E-state index >= 15 is 0 Å². The molecule has 1 aliphatic carbocycles. The van der Waals surface area contributed by atoms with Gasteiger partial charge in [0.25, 0.3) is 5.91 Å². The Morgan fingerprint density at radius 2 is 1.91 bits per heavy atom. The first-order valence-corrected chi connectivity index (χ1v) is 7.61. The van der Waals surface area contributed by atoms with E-state index in [4.69, 9.17) is 5.11 Å². The summed E-state index contributed by atoms with van der Waals surface area (Å²) in [6, 6.07) is -1.40. The summed E-state index contributed by atoms with van der Waals surface area (Å²) in [6.07, 6.45) is 3.98. The molecule has 0 aromatic rings. The minimum absolute atomic E-state index is 0.352. The zero-order valence-electron chi connectivity index (χ0n) is 12.2. The number of carboxylic acids is 1. The standard InChI is InChI=1S/C14H19N3O5/c18-10(16-7-3-4-9(16)11(19)20)8-17-12(21)14(15-13(17)22)5-1-2-6-14/h9H,1-8H2,(H,15,22)(H,19,20)/t9-/m0/s1. The van der Waals surface area contributed by atoms with E-state index in [2.05, 4.69) is 5.32 Å². The van der Waals surface area contributed by atoms with Crippen molar-refractivity contribution in [2.75, 3.05) is 13.1 Å². The lowest BCUT2D eigenvalue weighted by Gasteiger charge is -2.24. The smallest absolute Gasteiger partial charge is 0.326 e. The zero-order valence-corrected chi connectivity index (χ0v) is 12.2. The summed E-state index contributed by atoms with van der Waals surface area (Å²) in [4.78, 5) is 50.1. The van der Waals surface area contributed by atoms with Crippen LogP contribution in [0.2, 0.25) is 0 Å². The monoisotopic (exact) mass is 309 g/mol. The van der Waals surface area contributed by atoms with Gasteiger partial charge in [0.2, 0.25) is 5.91 Å². The predicted molar refractivity (Wildman–Crippen MR) is 73.8 cm³/mol. The van der Waals surface area contributed by atoms with Crippen LogP contribution < -0.4 is 5.32 Å². The number of nitrogens with zero attached hydrogens (tertiary/aromatic N) is 2. The average Bonchev–Trinajstić information content (AvgIpc) is 3.16. The summed E-state index contributed by atoms with van der Waals surface area (Å²) < 4.78 is 0. The van der Waals surface area contributed by atoms with Crippen LogP contribution in [0.1, 0.15) is 38.5 Å². The second-order valence-electron chi connectivity index (χ2n) is 6.19. The number of imide groups is 1. The molecule has 2 aliphatic heterocycles. The van der Waals surface area contributed by atoms with Gasteiger partial charge < -0.3 is 15.3 Å². The fourth-order valence-corrected chi connectivity index (χ4v) is 3.69. The van der Waals surface area contributed by atoms with Crippen LogP contribution in [-0.4, -0.2) is 63.4 Å². The van der Waals surface area contributed by atoms with E-state index in [1.807, 2.05) is 0 Å². The zero-order chi connectivity index (χ0) is 15.9. The number of rotatable bonds is 3. The Hall–Kier alpha value is -2.12. The van der Waals surface area contributed by atoms with Crippen LogP contribution in [0.25, 0.3) is 0 Å². The van der Waals surface area contributed by atoms with Crippen LogP contribution in [0.3, 0.4) is 0 Å². The number of carboxylic acid groups (broad SMARTS) is 1. The molecule has 0 aromatic carbocycles. The highest BCUT2D eigenvalue weighted by atomic mass is 16.4. The molecule has 1 spiro atoms. The molecule has 0 bridgehead atoms. The molecule has 120 valence electrons. The van der Waals surface area contributed by atoms with Crippen molar-refractivity contribution in [3.05, 3.63) is 0 Å². The Labute approximate surface area is 127 Å². The summed E-state index contributed by atoms with van der Waals surface area (Å²) >= 11 is 0. The first-order chi connectivity index (χ1) is 10.4. The molecule has 2 saturated heterocycles. The second kappa shape index (κ2) is 5.26. The largest absolute Gasteiger partial charge is 0.480 e.